The number of nitrogens with one attached hydrogen (secondary N) is 1. The van der Waals surface area contributed by atoms with Gasteiger partial charge in [-0.05, 0) is 42.2 Å². The summed E-state index contributed by atoms with van der Waals surface area (Å²) >= 11 is 0. The van der Waals surface area contributed by atoms with Crippen LogP contribution < -0.4 is 5.32 Å². The van der Waals surface area contributed by atoms with Gasteiger partial charge < -0.3 is 10.1 Å². The van der Waals surface area contributed by atoms with E-state index >= 15 is 0 Å². The molecule has 2 nitrogen and oxygen atoms in total. The lowest BCUT2D eigenvalue weighted by molar-refractivity contribution is -0.0102. The molecule has 1 aliphatic carbocycles. The quantitative estimate of drug-likeness (QED) is 0.883. The molecule has 0 bridgehead atoms. The summed E-state index contributed by atoms with van der Waals surface area (Å²) in [7, 11) is 0. The summed E-state index contributed by atoms with van der Waals surface area (Å²) in [6.45, 7) is 3.85. The van der Waals surface area contributed by atoms with Crippen LogP contribution in [0.25, 0.3) is 10.8 Å². The van der Waals surface area contributed by atoms with E-state index in [2.05, 4.69) is 54.7 Å². The molecule has 1 aliphatic rings. The SMILES string of the molecule is CCOC1CC(NCc2ccc3ccccc3c2)C1. The molecule has 2 heteroatoms. The molecule has 0 radical (unpaired) electrons. The molecular formula is C17H21NO. The lowest BCUT2D eigenvalue weighted by Crippen LogP contribution is -2.45. The molecule has 3 rings (SSSR count). The van der Waals surface area contributed by atoms with Crippen molar-refractivity contribution in [2.24, 2.45) is 0 Å². The Morgan fingerprint density at radius 2 is 1.89 bits per heavy atom. The Morgan fingerprint density at radius 3 is 2.68 bits per heavy atom. The molecule has 1 saturated carbocycles. The summed E-state index contributed by atoms with van der Waals surface area (Å²) in [5.41, 5.74) is 1.36. The minimum absolute atomic E-state index is 0.485. The maximum Gasteiger partial charge on any atom is 0.0604 e. The maximum absolute atomic E-state index is 5.58. The fourth-order valence-electron chi connectivity index (χ4n) is 2.72. The minimum atomic E-state index is 0.485. The second-order valence-electron chi connectivity index (χ2n) is 5.31. The van der Waals surface area contributed by atoms with Crippen LogP contribution >= 0.6 is 0 Å². The smallest absolute Gasteiger partial charge is 0.0604 e. The van der Waals surface area contributed by atoms with Crippen LogP contribution in [0.15, 0.2) is 42.5 Å². The average Bonchev–Trinajstić information content (AvgIpc) is 2.41. The third-order valence-electron chi connectivity index (χ3n) is 3.91. The number of ether oxygens (including phenoxy) is 1. The fourth-order valence-corrected chi connectivity index (χ4v) is 2.72. The molecule has 1 fully saturated rings. The molecule has 0 spiro atoms. The summed E-state index contributed by atoms with van der Waals surface area (Å²) in [6, 6.07) is 15.8. The highest BCUT2D eigenvalue weighted by Crippen LogP contribution is 2.24. The number of hydrogen-bond donors (Lipinski definition) is 1. The molecule has 0 amide bonds. The molecule has 19 heavy (non-hydrogen) atoms. The Kier molecular flexibility index (Phi) is 3.81. The van der Waals surface area contributed by atoms with Gasteiger partial charge in [0.1, 0.15) is 0 Å². The minimum Gasteiger partial charge on any atom is -0.378 e. The van der Waals surface area contributed by atoms with Crippen LogP contribution in [-0.4, -0.2) is 18.8 Å². The van der Waals surface area contributed by atoms with Crippen molar-refractivity contribution in [1.29, 1.82) is 0 Å². The zero-order valence-corrected chi connectivity index (χ0v) is 11.4. The van der Waals surface area contributed by atoms with Crippen LogP contribution in [0.3, 0.4) is 0 Å². The zero-order valence-electron chi connectivity index (χ0n) is 11.4. The summed E-state index contributed by atoms with van der Waals surface area (Å²) in [5, 5.41) is 6.24. The molecule has 0 heterocycles. The summed E-state index contributed by atoms with van der Waals surface area (Å²) < 4.78 is 5.58. The average molecular weight is 255 g/mol. The molecule has 1 N–H and O–H groups in total. The number of hydrogen-bond acceptors (Lipinski definition) is 2. The van der Waals surface area contributed by atoms with E-state index in [0.29, 0.717) is 12.1 Å². The fraction of sp³-hybridized carbons (Fsp3) is 0.412. The van der Waals surface area contributed by atoms with Crippen molar-refractivity contribution in [3.63, 3.8) is 0 Å². The predicted octanol–water partition coefficient (Wildman–Crippen LogP) is 3.50. The molecule has 0 aliphatic heterocycles. The molecule has 2 aromatic rings. The molecule has 100 valence electrons. The van der Waals surface area contributed by atoms with Gasteiger partial charge in [-0.25, -0.2) is 0 Å². The van der Waals surface area contributed by atoms with Crippen LogP contribution in [0.4, 0.5) is 0 Å². The third kappa shape index (κ3) is 2.96. The zero-order chi connectivity index (χ0) is 13.1. The van der Waals surface area contributed by atoms with Gasteiger partial charge in [-0.15, -0.1) is 0 Å². The van der Waals surface area contributed by atoms with Gasteiger partial charge in [0.25, 0.3) is 0 Å². The highest BCUT2D eigenvalue weighted by Gasteiger charge is 2.28. The monoisotopic (exact) mass is 255 g/mol. The van der Waals surface area contributed by atoms with E-state index in [0.717, 1.165) is 26.0 Å². The Bertz CT molecular complexity index is 546. The van der Waals surface area contributed by atoms with Gasteiger partial charge in [0.05, 0.1) is 6.10 Å². The van der Waals surface area contributed by atoms with E-state index in [1.807, 2.05) is 0 Å². The molecule has 0 unspecified atom stereocenters. The van der Waals surface area contributed by atoms with Crippen molar-refractivity contribution in [3.05, 3.63) is 48.0 Å². The molecule has 2 aromatic carbocycles. The van der Waals surface area contributed by atoms with Crippen LogP contribution in [0, 0.1) is 0 Å². The second kappa shape index (κ2) is 5.72. The van der Waals surface area contributed by atoms with E-state index in [-0.39, 0.29) is 0 Å². The first kappa shape index (κ1) is 12.6. The highest BCUT2D eigenvalue weighted by molar-refractivity contribution is 5.82. The standard InChI is InChI=1S/C17H21NO/c1-2-19-17-10-16(11-17)18-12-13-7-8-14-5-3-4-6-15(14)9-13/h3-9,16-18H,2,10-12H2,1H3. The van der Waals surface area contributed by atoms with E-state index in [1.165, 1.54) is 16.3 Å². The first-order chi connectivity index (χ1) is 9.35. The largest absolute Gasteiger partial charge is 0.378 e. The van der Waals surface area contributed by atoms with Crippen LogP contribution in [-0.2, 0) is 11.3 Å². The molecule has 0 aromatic heterocycles. The van der Waals surface area contributed by atoms with Gasteiger partial charge >= 0.3 is 0 Å². The first-order valence-corrected chi connectivity index (χ1v) is 7.18. The molecular weight excluding hydrogens is 234 g/mol. The number of benzene rings is 2. The van der Waals surface area contributed by atoms with E-state index in [1.54, 1.807) is 0 Å². The Hall–Kier alpha value is -1.38. The number of fused-ring (bicyclic) bond motifs is 1. The van der Waals surface area contributed by atoms with Crippen LogP contribution in [0.5, 0.6) is 0 Å². The third-order valence-corrected chi connectivity index (χ3v) is 3.91. The van der Waals surface area contributed by atoms with Crippen molar-refractivity contribution >= 4 is 10.8 Å². The molecule has 0 atom stereocenters. The first-order valence-electron chi connectivity index (χ1n) is 7.18. The number of rotatable bonds is 5. The van der Waals surface area contributed by atoms with Crippen LogP contribution in [0.1, 0.15) is 25.3 Å². The lowest BCUT2D eigenvalue weighted by atomic mass is 9.89. The maximum atomic E-state index is 5.58. The van der Waals surface area contributed by atoms with Crippen molar-refractivity contribution in [3.8, 4) is 0 Å². The highest BCUT2D eigenvalue weighted by atomic mass is 16.5. The van der Waals surface area contributed by atoms with Gasteiger partial charge in [-0.1, -0.05) is 36.4 Å². The van der Waals surface area contributed by atoms with E-state index in [9.17, 15) is 0 Å². The van der Waals surface area contributed by atoms with Gasteiger partial charge in [-0.2, -0.15) is 0 Å². The van der Waals surface area contributed by atoms with Crippen molar-refractivity contribution in [2.45, 2.75) is 38.5 Å². The summed E-state index contributed by atoms with van der Waals surface area (Å²) in [5.74, 6) is 0. The van der Waals surface area contributed by atoms with Crippen molar-refractivity contribution < 1.29 is 4.74 Å². The summed E-state index contributed by atoms with van der Waals surface area (Å²) in [4.78, 5) is 0. The Labute approximate surface area is 114 Å². The van der Waals surface area contributed by atoms with Gasteiger partial charge in [-0.3, -0.25) is 0 Å². The van der Waals surface area contributed by atoms with Gasteiger partial charge in [0.2, 0.25) is 0 Å². The van der Waals surface area contributed by atoms with Gasteiger partial charge in [0.15, 0.2) is 0 Å². The summed E-state index contributed by atoms with van der Waals surface area (Å²) in [6.07, 6.45) is 2.79. The lowest BCUT2D eigenvalue weighted by Gasteiger charge is -2.35. The topological polar surface area (TPSA) is 21.3 Å². The Balaban J connectivity index is 1.55. The normalized spacial score (nSPS) is 22.4. The molecule has 0 saturated heterocycles. The van der Waals surface area contributed by atoms with Crippen LogP contribution in [0.2, 0.25) is 0 Å². The van der Waals surface area contributed by atoms with E-state index < -0.39 is 0 Å². The van der Waals surface area contributed by atoms with Crippen molar-refractivity contribution in [2.75, 3.05) is 6.61 Å². The predicted molar refractivity (Wildman–Crippen MR) is 79.2 cm³/mol. The second-order valence-corrected chi connectivity index (χ2v) is 5.31. The van der Waals surface area contributed by atoms with Gasteiger partial charge in [0, 0.05) is 19.2 Å². The van der Waals surface area contributed by atoms with Crippen molar-refractivity contribution in [1.82, 2.24) is 5.32 Å². The Morgan fingerprint density at radius 1 is 1.11 bits per heavy atom. The van der Waals surface area contributed by atoms with E-state index in [4.69, 9.17) is 4.74 Å².